The topological polar surface area (TPSA) is 55.5 Å². The molecule has 1 rings (SSSR count). The fraction of sp³-hybridized carbons (Fsp3) is 0.455. The minimum Gasteiger partial charge on any atom is -0.496 e. The van der Waals surface area contributed by atoms with E-state index >= 15 is 0 Å². The summed E-state index contributed by atoms with van der Waals surface area (Å²) in [4.78, 5) is 0. The Morgan fingerprint density at radius 3 is 2.35 bits per heavy atom. The van der Waals surface area contributed by atoms with Gasteiger partial charge in [-0.25, -0.2) is 0 Å². The highest BCUT2D eigenvalue weighted by atomic mass is 19.4. The van der Waals surface area contributed by atoms with Gasteiger partial charge in [-0.05, 0) is 24.6 Å². The molecule has 0 heterocycles. The molecule has 0 saturated carbocycles. The molecule has 96 valence electrons. The molecule has 0 aliphatic rings. The molecule has 3 nitrogen and oxygen atoms in total. The quantitative estimate of drug-likeness (QED) is 0.860. The molecule has 17 heavy (non-hydrogen) atoms. The normalized spacial score (nSPS) is 15.5. The van der Waals surface area contributed by atoms with E-state index in [1.165, 1.54) is 19.1 Å². The van der Waals surface area contributed by atoms with Gasteiger partial charge in [0.25, 0.3) is 0 Å². The van der Waals surface area contributed by atoms with Gasteiger partial charge in [0.1, 0.15) is 5.75 Å². The first kappa shape index (κ1) is 13.8. The van der Waals surface area contributed by atoms with Gasteiger partial charge in [0, 0.05) is 6.54 Å². The van der Waals surface area contributed by atoms with Crippen LogP contribution in [0.3, 0.4) is 0 Å². The lowest BCUT2D eigenvalue weighted by Crippen LogP contribution is -2.31. The van der Waals surface area contributed by atoms with Gasteiger partial charge < -0.3 is 15.6 Å². The number of halogens is 3. The summed E-state index contributed by atoms with van der Waals surface area (Å²) in [5.74, 6) is -0.283. The van der Waals surface area contributed by atoms with Crippen LogP contribution >= 0.6 is 0 Å². The van der Waals surface area contributed by atoms with E-state index < -0.39 is 17.3 Å². The summed E-state index contributed by atoms with van der Waals surface area (Å²) < 4.78 is 42.8. The lowest BCUT2D eigenvalue weighted by atomic mass is 9.94. The third-order valence-electron chi connectivity index (χ3n) is 2.52. The number of hydrogen-bond acceptors (Lipinski definition) is 3. The molecule has 0 aliphatic heterocycles. The van der Waals surface area contributed by atoms with Crippen LogP contribution in [0.25, 0.3) is 0 Å². The molecule has 0 saturated heterocycles. The summed E-state index contributed by atoms with van der Waals surface area (Å²) in [6, 6.07) is 3.38. The number of alkyl halides is 3. The van der Waals surface area contributed by atoms with Gasteiger partial charge in [-0.1, -0.05) is 6.07 Å². The average Bonchev–Trinajstić information content (AvgIpc) is 2.27. The maximum atomic E-state index is 12.7. The summed E-state index contributed by atoms with van der Waals surface area (Å²) >= 11 is 0. The van der Waals surface area contributed by atoms with E-state index in [0.717, 1.165) is 13.2 Å². The SMILES string of the molecule is COc1ccc(C(C)(O)CN)cc1C(F)(F)F. The minimum absolute atomic E-state index is 0.105. The van der Waals surface area contributed by atoms with Gasteiger partial charge in [-0.3, -0.25) is 0 Å². The molecule has 0 amide bonds. The number of methoxy groups -OCH3 is 1. The van der Waals surface area contributed by atoms with Gasteiger partial charge in [-0.15, -0.1) is 0 Å². The van der Waals surface area contributed by atoms with Crippen LogP contribution in [-0.2, 0) is 11.8 Å². The van der Waals surface area contributed by atoms with Crippen LogP contribution in [0.1, 0.15) is 18.1 Å². The van der Waals surface area contributed by atoms with Crippen molar-refractivity contribution in [3.05, 3.63) is 29.3 Å². The van der Waals surface area contributed by atoms with Crippen LogP contribution in [0.4, 0.5) is 13.2 Å². The summed E-state index contributed by atoms with van der Waals surface area (Å²) in [5.41, 5.74) is 2.99. The number of nitrogens with two attached hydrogens (primary N) is 1. The summed E-state index contributed by atoms with van der Waals surface area (Å²) in [5, 5.41) is 9.82. The van der Waals surface area contributed by atoms with E-state index in [-0.39, 0.29) is 17.9 Å². The van der Waals surface area contributed by atoms with Crippen molar-refractivity contribution < 1.29 is 23.0 Å². The predicted octanol–water partition coefficient (Wildman–Crippen LogP) is 1.88. The highest BCUT2D eigenvalue weighted by Gasteiger charge is 2.36. The Hall–Kier alpha value is -1.27. The Labute approximate surface area is 97.0 Å². The van der Waals surface area contributed by atoms with Crippen molar-refractivity contribution in [1.29, 1.82) is 0 Å². The van der Waals surface area contributed by atoms with Crippen molar-refractivity contribution >= 4 is 0 Å². The minimum atomic E-state index is -4.54. The van der Waals surface area contributed by atoms with Crippen molar-refractivity contribution in [2.45, 2.75) is 18.7 Å². The second-order valence-corrected chi connectivity index (χ2v) is 3.89. The number of benzene rings is 1. The zero-order valence-electron chi connectivity index (χ0n) is 9.51. The van der Waals surface area contributed by atoms with Crippen LogP contribution in [0.5, 0.6) is 5.75 Å². The molecule has 0 radical (unpaired) electrons. The molecule has 0 bridgehead atoms. The third-order valence-corrected chi connectivity index (χ3v) is 2.52. The summed E-state index contributed by atoms with van der Waals surface area (Å²) in [6.45, 7) is 1.19. The molecule has 3 N–H and O–H groups in total. The molecule has 1 unspecified atom stereocenters. The highest BCUT2D eigenvalue weighted by Crippen LogP contribution is 2.38. The van der Waals surface area contributed by atoms with E-state index in [9.17, 15) is 18.3 Å². The van der Waals surface area contributed by atoms with Crippen LogP contribution in [0.2, 0.25) is 0 Å². The molecule has 0 fully saturated rings. The lowest BCUT2D eigenvalue weighted by Gasteiger charge is -2.23. The fourth-order valence-corrected chi connectivity index (χ4v) is 1.38. The van der Waals surface area contributed by atoms with Gasteiger partial charge in [0.05, 0.1) is 18.3 Å². The molecule has 0 aromatic heterocycles. The van der Waals surface area contributed by atoms with Gasteiger partial charge in [0.15, 0.2) is 0 Å². The maximum absolute atomic E-state index is 12.7. The van der Waals surface area contributed by atoms with Crippen molar-refractivity contribution in [2.24, 2.45) is 5.73 Å². The largest absolute Gasteiger partial charge is 0.496 e. The van der Waals surface area contributed by atoms with Crippen molar-refractivity contribution in [3.63, 3.8) is 0 Å². The van der Waals surface area contributed by atoms with Crippen LogP contribution in [0.15, 0.2) is 18.2 Å². The maximum Gasteiger partial charge on any atom is 0.419 e. The van der Waals surface area contributed by atoms with E-state index in [1.54, 1.807) is 0 Å². The van der Waals surface area contributed by atoms with Crippen LogP contribution < -0.4 is 10.5 Å². The molecular formula is C11H14F3NO2. The number of rotatable bonds is 3. The second kappa shape index (κ2) is 4.54. The Kier molecular flexibility index (Phi) is 3.68. The standard InChI is InChI=1S/C11H14F3NO2/c1-10(16,6-15)7-3-4-9(17-2)8(5-7)11(12,13)14/h3-5,16H,6,15H2,1-2H3. The zero-order chi connectivity index (χ0) is 13.3. The first-order chi connectivity index (χ1) is 7.72. The molecule has 0 aliphatic carbocycles. The Bertz CT molecular complexity index is 402. The van der Waals surface area contributed by atoms with Gasteiger partial charge in [-0.2, -0.15) is 13.2 Å². The second-order valence-electron chi connectivity index (χ2n) is 3.89. The van der Waals surface area contributed by atoms with E-state index in [0.29, 0.717) is 0 Å². The molecule has 6 heteroatoms. The predicted molar refractivity (Wildman–Crippen MR) is 56.6 cm³/mol. The summed E-state index contributed by atoms with van der Waals surface area (Å²) in [6.07, 6.45) is -4.54. The Morgan fingerprint density at radius 1 is 1.35 bits per heavy atom. The Balaban J connectivity index is 3.33. The number of hydrogen-bond donors (Lipinski definition) is 2. The van der Waals surface area contributed by atoms with Crippen molar-refractivity contribution in [2.75, 3.05) is 13.7 Å². The zero-order valence-corrected chi connectivity index (χ0v) is 9.51. The van der Waals surface area contributed by atoms with Crippen LogP contribution in [-0.4, -0.2) is 18.8 Å². The molecule has 1 atom stereocenters. The van der Waals surface area contributed by atoms with E-state index in [2.05, 4.69) is 4.74 Å². The smallest absolute Gasteiger partial charge is 0.419 e. The monoisotopic (exact) mass is 249 g/mol. The first-order valence-electron chi connectivity index (χ1n) is 4.90. The first-order valence-corrected chi connectivity index (χ1v) is 4.90. The molecule has 0 spiro atoms. The lowest BCUT2D eigenvalue weighted by molar-refractivity contribution is -0.138. The van der Waals surface area contributed by atoms with E-state index in [1.807, 2.05) is 0 Å². The van der Waals surface area contributed by atoms with Crippen LogP contribution in [0, 0.1) is 0 Å². The Morgan fingerprint density at radius 2 is 1.94 bits per heavy atom. The van der Waals surface area contributed by atoms with Crippen molar-refractivity contribution in [3.8, 4) is 5.75 Å². The summed E-state index contributed by atoms with van der Waals surface area (Å²) in [7, 11) is 1.16. The van der Waals surface area contributed by atoms with Gasteiger partial charge in [0.2, 0.25) is 0 Å². The number of aliphatic hydroxyl groups is 1. The van der Waals surface area contributed by atoms with E-state index in [4.69, 9.17) is 5.73 Å². The average molecular weight is 249 g/mol. The molecule has 1 aromatic carbocycles. The third kappa shape index (κ3) is 2.89. The fourth-order valence-electron chi connectivity index (χ4n) is 1.38. The molecular weight excluding hydrogens is 235 g/mol. The highest BCUT2D eigenvalue weighted by molar-refractivity contribution is 5.41. The number of ether oxygens (including phenoxy) is 1. The van der Waals surface area contributed by atoms with Crippen molar-refractivity contribution in [1.82, 2.24) is 0 Å². The van der Waals surface area contributed by atoms with Gasteiger partial charge >= 0.3 is 6.18 Å². The molecule has 1 aromatic rings.